The fraction of sp³-hybridized carbons (Fsp3) is 0.273. The number of benzene rings is 2. The Morgan fingerprint density at radius 3 is 2.50 bits per heavy atom. The van der Waals surface area contributed by atoms with Crippen LogP contribution >= 0.6 is 11.8 Å². The van der Waals surface area contributed by atoms with Gasteiger partial charge < -0.3 is 24.7 Å². The molecule has 32 heavy (non-hydrogen) atoms. The van der Waals surface area contributed by atoms with E-state index in [9.17, 15) is 9.59 Å². The van der Waals surface area contributed by atoms with Crippen LogP contribution in [-0.2, 0) is 23.1 Å². The van der Waals surface area contributed by atoms with Crippen LogP contribution in [0.2, 0.25) is 0 Å². The average Bonchev–Trinajstić information content (AvgIpc) is 3.13. The van der Waals surface area contributed by atoms with Crippen LogP contribution in [0.4, 0.5) is 11.4 Å². The third kappa shape index (κ3) is 6.24. The van der Waals surface area contributed by atoms with Crippen molar-refractivity contribution in [1.29, 1.82) is 0 Å². The third-order valence-electron chi connectivity index (χ3n) is 4.41. The van der Waals surface area contributed by atoms with E-state index in [0.29, 0.717) is 40.5 Å². The minimum Gasteiger partial charge on any atom is -0.497 e. The Hall–Kier alpha value is -3.53. The second-order valence-electron chi connectivity index (χ2n) is 6.68. The maximum Gasteiger partial charge on any atom is 0.234 e. The van der Waals surface area contributed by atoms with Gasteiger partial charge in [0, 0.05) is 12.7 Å². The third-order valence-corrected chi connectivity index (χ3v) is 5.43. The minimum absolute atomic E-state index is 0.0595. The summed E-state index contributed by atoms with van der Waals surface area (Å²) in [7, 11) is 3.35. The number of ether oxygens (including phenoxy) is 2. The first-order valence-electron chi connectivity index (χ1n) is 9.96. The largest absolute Gasteiger partial charge is 0.497 e. The highest BCUT2D eigenvalue weighted by atomic mass is 32.2. The lowest BCUT2D eigenvalue weighted by Crippen LogP contribution is -2.17. The maximum atomic E-state index is 12.4. The molecule has 10 heteroatoms. The van der Waals surface area contributed by atoms with Crippen LogP contribution in [0.15, 0.2) is 53.7 Å². The van der Waals surface area contributed by atoms with Gasteiger partial charge in [0.05, 0.1) is 31.6 Å². The van der Waals surface area contributed by atoms with Gasteiger partial charge in [-0.1, -0.05) is 23.9 Å². The molecule has 0 aliphatic carbocycles. The zero-order valence-electron chi connectivity index (χ0n) is 18.1. The van der Waals surface area contributed by atoms with E-state index in [1.165, 1.54) is 11.8 Å². The number of para-hydroxylation sites is 2. The summed E-state index contributed by atoms with van der Waals surface area (Å²) in [6.45, 7) is 2.40. The molecule has 0 unspecified atom stereocenters. The normalized spacial score (nSPS) is 10.5. The topological polar surface area (TPSA) is 107 Å². The lowest BCUT2D eigenvalue weighted by Gasteiger charge is -2.11. The molecule has 0 bridgehead atoms. The van der Waals surface area contributed by atoms with Crippen molar-refractivity contribution in [3.05, 3.63) is 54.4 Å². The van der Waals surface area contributed by atoms with Gasteiger partial charge in [-0.05, 0) is 43.3 Å². The summed E-state index contributed by atoms with van der Waals surface area (Å²) in [5, 5.41) is 14.4. The van der Waals surface area contributed by atoms with Crippen molar-refractivity contribution in [1.82, 2.24) is 14.8 Å². The molecule has 0 aliphatic heterocycles. The molecular weight excluding hydrogens is 430 g/mol. The molecule has 0 aliphatic rings. The van der Waals surface area contributed by atoms with Crippen molar-refractivity contribution in [2.45, 2.75) is 18.5 Å². The average molecular weight is 456 g/mol. The van der Waals surface area contributed by atoms with E-state index in [-0.39, 0.29) is 24.0 Å². The smallest absolute Gasteiger partial charge is 0.234 e. The molecule has 3 rings (SSSR count). The molecule has 0 atom stereocenters. The Balaban J connectivity index is 1.53. The summed E-state index contributed by atoms with van der Waals surface area (Å²) in [5.41, 5.74) is 1.28. The molecular formula is C22H25N5O4S. The first-order chi connectivity index (χ1) is 15.5. The highest BCUT2D eigenvalue weighted by molar-refractivity contribution is 7.99. The van der Waals surface area contributed by atoms with Crippen molar-refractivity contribution in [2.75, 3.05) is 30.1 Å². The number of carbonyl (C=O) groups excluding carboxylic acids is 2. The van der Waals surface area contributed by atoms with Crippen molar-refractivity contribution in [3.63, 3.8) is 0 Å². The summed E-state index contributed by atoms with van der Waals surface area (Å²) in [6, 6.07) is 14.3. The van der Waals surface area contributed by atoms with Gasteiger partial charge in [-0.2, -0.15) is 0 Å². The van der Waals surface area contributed by atoms with Gasteiger partial charge in [0.1, 0.15) is 17.3 Å². The Bertz CT molecular complexity index is 1070. The molecule has 2 aromatic carbocycles. The highest BCUT2D eigenvalue weighted by Crippen LogP contribution is 2.24. The maximum absolute atomic E-state index is 12.4. The lowest BCUT2D eigenvalue weighted by atomic mass is 10.3. The van der Waals surface area contributed by atoms with E-state index in [4.69, 9.17) is 9.47 Å². The fourth-order valence-corrected chi connectivity index (χ4v) is 3.55. The van der Waals surface area contributed by atoms with E-state index in [1.54, 1.807) is 55.1 Å². The number of carbonyl (C=O) groups is 2. The summed E-state index contributed by atoms with van der Waals surface area (Å²) < 4.78 is 12.3. The van der Waals surface area contributed by atoms with Crippen LogP contribution in [0.5, 0.6) is 11.5 Å². The SMILES string of the molecule is CCOc1ccccc1NC(=O)CSc1nnc(CC(=O)Nc2ccc(OC)cc2)n1C. The summed E-state index contributed by atoms with van der Waals surface area (Å²) in [5.74, 6) is 1.57. The molecule has 0 spiro atoms. The highest BCUT2D eigenvalue weighted by Gasteiger charge is 2.15. The quantitative estimate of drug-likeness (QED) is 0.452. The Labute approximate surface area is 190 Å². The molecule has 9 nitrogen and oxygen atoms in total. The van der Waals surface area contributed by atoms with Gasteiger partial charge in [-0.3, -0.25) is 9.59 Å². The fourth-order valence-electron chi connectivity index (χ4n) is 2.82. The number of hydrogen-bond acceptors (Lipinski definition) is 7. The predicted octanol–water partition coefficient (Wildman–Crippen LogP) is 3.13. The Morgan fingerprint density at radius 2 is 1.78 bits per heavy atom. The van der Waals surface area contributed by atoms with E-state index in [0.717, 1.165) is 0 Å². The predicted molar refractivity (Wildman–Crippen MR) is 123 cm³/mol. The second kappa shape index (κ2) is 11.2. The van der Waals surface area contributed by atoms with Gasteiger partial charge >= 0.3 is 0 Å². The van der Waals surface area contributed by atoms with E-state index in [1.807, 2.05) is 19.1 Å². The van der Waals surface area contributed by atoms with Gasteiger partial charge in [0.15, 0.2) is 5.16 Å². The molecule has 0 fully saturated rings. The van der Waals surface area contributed by atoms with Crippen LogP contribution in [0, 0.1) is 0 Å². The molecule has 0 radical (unpaired) electrons. The first-order valence-corrected chi connectivity index (χ1v) is 10.9. The van der Waals surface area contributed by atoms with Crippen molar-refractivity contribution < 1.29 is 19.1 Å². The number of aromatic nitrogens is 3. The van der Waals surface area contributed by atoms with E-state index >= 15 is 0 Å². The minimum atomic E-state index is -0.215. The molecule has 168 valence electrons. The number of anilines is 2. The van der Waals surface area contributed by atoms with Gasteiger partial charge in [0.25, 0.3) is 0 Å². The standard InChI is InChI=1S/C22H25N5O4S/c1-4-31-18-8-6-5-7-17(18)24-21(29)14-32-22-26-25-19(27(22)2)13-20(28)23-15-9-11-16(30-3)12-10-15/h5-12H,4,13-14H2,1-3H3,(H,23,28)(H,24,29). The zero-order chi connectivity index (χ0) is 22.9. The molecule has 0 saturated carbocycles. The number of rotatable bonds is 10. The summed E-state index contributed by atoms with van der Waals surface area (Å²) in [4.78, 5) is 24.7. The summed E-state index contributed by atoms with van der Waals surface area (Å²) in [6.07, 6.45) is 0.0595. The monoisotopic (exact) mass is 455 g/mol. The van der Waals surface area contributed by atoms with Crippen molar-refractivity contribution >= 4 is 35.0 Å². The second-order valence-corrected chi connectivity index (χ2v) is 7.62. The lowest BCUT2D eigenvalue weighted by molar-refractivity contribution is -0.116. The number of nitrogens with one attached hydrogen (secondary N) is 2. The van der Waals surface area contributed by atoms with Crippen LogP contribution < -0.4 is 20.1 Å². The number of nitrogens with zero attached hydrogens (tertiary/aromatic N) is 3. The number of hydrogen-bond donors (Lipinski definition) is 2. The first kappa shape index (κ1) is 23.1. The van der Waals surface area contributed by atoms with Crippen molar-refractivity contribution in [3.8, 4) is 11.5 Å². The number of methoxy groups -OCH3 is 1. The van der Waals surface area contributed by atoms with E-state index < -0.39 is 0 Å². The molecule has 0 saturated heterocycles. The Morgan fingerprint density at radius 1 is 1.03 bits per heavy atom. The zero-order valence-corrected chi connectivity index (χ0v) is 18.9. The van der Waals surface area contributed by atoms with Gasteiger partial charge in [-0.15, -0.1) is 10.2 Å². The summed E-state index contributed by atoms with van der Waals surface area (Å²) >= 11 is 1.24. The molecule has 1 aromatic heterocycles. The van der Waals surface area contributed by atoms with Crippen LogP contribution in [0.1, 0.15) is 12.7 Å². The van der Waals surface area contributed by atoms with E-state index in [2.05, 4.69) is 20.8 Å². The molecule has 2 N–H and O–H groups in total. The van der Waals surface area contributed by atoms with Crippen LogP contribution in [0.3, 0.4) is 0 Å². The van der Waals surface area contributed by atoms with Crippen LogP contribution in [-0.4, -0.2) is 46.0 Å². The van der Waals surface area contributed by atoms with Crippen LogP contribution in [0.25, 0.3) is 0 Å². The van der Waals surface area contributed by atoms with Gasteiger partial charge in [0.2, 0.25) is 11.8 Å². The molecule has 1 heterocycles. The number of thioether (sulfide) groups is 1. The number of amides is 2. The van der Waals surface area contributed by atoms with Crippen molar-refractivity contribution in [2.24, 2.45) is 7.05 Å². The molecule has 2 amide bonds. The molecule has 3 aromatic rings. The Kier molecular flexibility index (Phi) is 8.09. The van der Waals surface area contributed by atoms with Gasteiger partial charge in [-0.25, -0.2) is 0 Å².